The van der Waals surface area contributed by atoms with Crippen molar-refractivity contribution in [1.29, 1.82) is 0 Å². The van der Waals surface area contributed by atoms with E-state index in [4.69, 9.17) is 5.84 Å². The predicted octanol–water partition coefficient (Wildman–Crippen LogP) is 1.96. The molecule has 6 heteroatoms. The van der Waals surface area contributed by atoms with Gasteiger partial charge in [0.1, 0.15) is 9.84 Å². The molecule has 4 nitrogen and oxygen atoms in total. The van der Waals surface area contributed by atoms with Crippen molar-refractivity contribution in [2.24, 2.45) is 5.84 Å². The molecular weight excluding hydrogens is 280 g/mol. The summed E-state index contributed by atoms with van der Waals surface area (Å²) in [6, 6.07) is 2.17. The first-order valence-electron chi connectivity index (χ1n) is 6.75. The first-order chi connectivity index (χ1) is 8.99. The summed E-state index contributed by atoms with van der Waals surface area (Å²) in [5.74, 6) is 5.76. The van der Waals surface area contributed by atoms with Crippen molar-refractivity contribution >= 4 is 21.2 Å². The van der Waals surface area contributed by atoms with Gasteiger partial charge in [-0.05, 0) is 43.7 Å². The third-order valence-electron chi connectivity index (χ3n) is 3.59. The van der Waals surface area contributed by atoms with Gasteiger partial charge in [0.25, 0.3) is 0 Å². The zero-order valence-corrected chi connectivity index (χ0v) is 12.9. The summed E-state index contributed by atoms with van der Waals surface area (Å²) >= 11 is 1.79. The molecule has 1 heterocycles. The molecule has 0 aliphatic heterocycles. The second-order valence-electron chi connectivity index (χ2n) is 5.30. The van der Waals surface area contributed by atoms with Crippen LogP contribution in [-0.2, 0) is 22.7 Å². The number of nitrogens with two attached hydrogens (primary N) is 1. The molecule has 19 heavy (non-hydrogen) atoms. The van der Waals surface area contributed by atoms with Gasteiger partial charge in [-0.3, -0.25) is 11.3 Å². The van der Waals surface area contributed by atoms with Crippen LogP contribution in [0.2, 0.25) is 0 Å². The zero-order chi connectivity index (χ0) is 13.9. The van der Waals surface area contributed by atoms with Gasteiger partial charge in [0.2, 0.25) is 0 Å². The molecule has 0 saturated carbocycles. The molecule has 2 rings (SSSR count). The summed E-state index contributed by atoms with van der Waals surface area (Å²) in [5, 5.41) is 0. The number of nitrogens with one attached hydrogen (secondary N) is 1. The number of thiophene rings is 1. The molecule has 108 valence electrons. The quantitative estimate of drug-likeness (QED) is 0.495. The fourth-order valence-electron chi connectivity index (χ4n) is 2.50. The van der Waals surface area contributed by atoms with Crippen LogP contribution in [0.3, 0.4) is 0 Å². The lowest BCUT2D eigenvalue weighted by Gasteiger charge is -2.13. The minimum Gasteiger partial charge on any atom is -0.271 e. The van der Waals surface area contributed by atoms with E-state index in [1.807, 2.05) is 0 Å². The molecule has 0 saturated heterocycles. The maximum Gasteiger partial charge on any atom is 0.147 e. The molecule has 1 aliphatic rings. The van der Waals surface area contributed by atoms with Crippen LogP contribution in [0.25, 0.3) is 0 Å². The second kappa shape index (κ2) is 6.35. The van der Waals surface area contributed by atoms with E-state index >= 15 is 0 Å². The molecule has 0 radical (unpaired) electrons. The van der Waals surface area contributed by atoms with Gasteiger partial charge in [-0.25, -0.2) is 8.42 Å². The Kier molecular flexibility index (Phi) is 5.00. The summed E-state index contributed by atoms with van der Waals surface area (Å²) in [6.45, 7) is 0. The minimum absolute atomic E-state index is 0.0494. The van der Waals surface area contributed by atoms with Gasteiger partial charge in [0.05, 0.1) is 11.8 Å². The van der Waals surface area contributed by atoms with Gasteiger partial charge in [-0.1, -0.05) is 6.42 Å². The van der Waals surface area contributed by atoms with Gasteiger partial charge in [0.15, 0.2) is 0 Å². The Hall–Kier alpha value is -0.430. The van der Waals surface area contributed by atoms with Crippen molar-refractivity contribution < 1.29 is 8.42 Å². The van der Waals surface area contributed by atoms with Gasteiger partial charge >= 0.3 is 0 Å². The molecule has 1 aromatic heterocycles. The fraction of sp³-hybridized carbons (Fsp3) is 0.692. The summed E-state index contributed by atoms with van der Waals surface area (Å²) in [7, 11) is -2.94. The zero-order valence-electron chi connectivity index (χ0n) is 11.3. The molecule has 1 aromatic rings. The van der Waals surface area contributed by atoms with Crippen LogP contribution in [0.4, 0.5) is 0 Å². The Morgan fingerprint density at radius 3 is 2.79 bits per heavy atom. The van der Waals surface area contributed by atoms with Gasteiger partial charge in [-0.2, -0.15) is 0 Å². The molecule has 3 N–H and O–H groups in total. The van der Waals surface area contributed by atoms with Crippen LogP contribution < -0.4 is 11.3 Å². The number of aryl methyl sites for hydroxylation is 2. The van der Waals surface area contributed by atoms with Crippen molar-refractivity contribution in [2.45, 2.75) is 44.6 Å². The molecule has 0 amide bonds. The number of sulfone groups is 1. The maximum atomic E-state index is 11.3. The van der Waals surface area contributed by atoms with Crippen LogP contribution in [0.15, 0.2) is 6.07 Å². The highest BCUT2D eigenvalue weighted by molar-refractivity contribution is 7.90. The molecular formula is C13H22N2O2S2. The van der Waals surface area contributed by atoms with Gasteiger partial charge in [-0.15, -0.1) is 11.3 Å². The van der Waals surface area contributed by atoms with Gasteiger partial charge in [0, 0.05) is 16.0 Å². The average molecular weight is 302 g/mol. The van der Waals surface area contributed by atoms with Crippen LogP contribution in [0.5, 0.6) is 0 Å². The lowest BCUT2D eigenvalue weighted by molar-refractivity contribution is 0.538. The normalized spacial score (nSPS) is 17.8. The molecule has 1 unspecified atom stereocenters. The summed E-state index contributed by atoms with van der Waals surface area (Å²) in [6.07, 6.45) is 7.94. The highest BCUT2D eigenvalue weighted by atomic mass is 32.2. The summed E-state index contributed by atoms with van der Waals surface area (Å²) < 4.78 is 22.5. The van der Waals surface area contributed by atoms with E-state index in [2.05, 4.69) is 11.5 Å². The van der Waals surface area contributed by atoms with E-state index in [1.165, 1.54) is 40.8 Å². The van der Waals surface area contributed by atoms with Crippen molar-refractivity contribution in [3.8, 4) is 0 Å². The molecule has 1 aliphatic carbocycles. The second-order valence-corrected chi connectivity index (χ2v) is 8.72. The third-order valence-corrected chi connectivity index (χ3v) is 5.92. The molecule has 0 aromatic carbocycles. The van der Waals surface area contributed by atoms with Crippen LogP contribution in [-0.4, -0.2) is 20.4 Å². The first kappa shape index (κ1) is 15.0. The molecule has 0 spiro atoms. The smallest absolute Gasteiger partial charge is 0.147 e. The standard InChI is InChI=1S/C13H22N2O2S2/c1-19(16,17)8-7-11(15-14)13-9-10-5-3-2-4-6-12(10)18-13/h9,11,15H,2-8,14H2,1H3. The molecule has 1 atom stereocenters. The van der Waals surface area contributed by atoms with E-state index in [0.717, 1.165) is 12.8 Å². The predicted molar refractivity (Wildman–Crippen MR) is 80.0 cm³/mol. The average Bonchev–Trinajstić information content (AvgIpc) is 2.60. The van der Waals surface area contributed by atoms with Crippen molar-refractivity contribution in [3.63, 3.8) is 0 Å². The van der Waals surface area contributed by atoms with E-state index < -0.39 is 9.84 Å². The number of hydrogen-bond acceptors (Lipinski definition) is 5. The highest BCUT2D eigenvalue weighted by Gasteiger charge is 2.19. The lowest BCUT2D eigenvalue weighted by Crippen LogP contribution is -2.29. The Bertz CT molecular complexity index is 499. The number of rotatable bonds is 5. The van der Waals surface area contributed by atoms with E-state index in [0.29, 0.717) is 6.42 Å². The van der Waals surface area contributed by atoms with E-state index in [1.54, 1.807) is 11.3 Å². The molecule has 0 fully saturated rings. The number of hydrogen-bond donors (Lipinski definition) is 2. The van der Waals surface area contributed by atoms with E-state index in [-0.39, 0.29) is 11.8 Å². The van der Waals surface area contributed by atoms with E-state index in [9.17, 15) is 8.42 Å². The Morgan fingerprint density at radius 1 is 1.37 bits per heavy atom. The van der Waals surface area contributed by atoms with Crippen molar-refractivity contribution in [3.05, 3.63) is 21.4 Å². The topological polar surface area (TPSA) is 72.2 Å². The molecule has 0 bridgehead atoms. The van der Waals surface area contributed by atoms with Crippen molar-refractivity contribution in [2.75, 3.05) is 12.0 Å². The van der Waals surface area contributed by atoms with Crippen LogP contribution in [0.1, 0.15) is 47.0 Å². The number of fused-ring (bicyclic) bond motifs is 1. The third kappa shape index (κ3) is 4.27. The van der Waals surface area contributed by atoms with Crippen LogP contribution in [0, 0.1) is 0 Å². The van der Waals surface area contributed by atoms with Gasteiger partial charge < -0.3 is 0 Å². The largest absolute Gasteiger partial charge is 0.271 e. The van der Waals surface area contributed by atoms with Crippen LogP contribution >= 0.6 is 11.3 Å². The highest BCUT2D eigenvalue weighted by Crippen LogP contribution is 2.33. The van der Waals surface area contributed by atoms with Crippen molar-refractivity contribution in [1.82, 2.24) is 5.43 Å². The Labute approximate surface area is 119 Å². The Morgan fingerprint density at radius 2 is 2.11 bits per heavy atom. The lowest BCUT2D eigenvalue weighted by atomic mass is 10.1. The number of hydrazine groups is 1. The first-order valence-corrected chi connectivity index (χ1v) is 9.62. The summed E-state index contributed by atoms with van der Waals surface area (Å²) in [5.41, 5.74) is 4.20. The fourth-order valence-corrected chi connectivity index (χ4v) is 4.52. The monoisotopic (exact) mass is 302 g/mol. The summed E-state index contributed by atoms with van der Waals surface area (Å²) in [4.78, 5) is 2.64. The minimum atomic E-state index is -2.94. The SMILES string of the molecule is CS(=O)(=O)CCC(NN)c1cc2c(s1)CCCCC2. The Balaban J connectivity index is 2.10. The maximum absolute atomic E-state index is 11.3.